The average Bonchev–Trinajstić information content (AvgIpc) is 2.33. The van der Waals surface area contributed by atoms with E-state index >= 15 is 0 Å². The van der Waals surface area contributed by atoms with Crippen LogP contribution in [0.5, 0.6) is 0 Å². The maximum absolute atomic E-state index is 13.6. The Morgan fingerprint density at radius 3 is 2.53 bits per heavy atom. The maximum atomic E-state index is 13.6. The van der Waals surface area contributed by atoms with Crippen LogP contribution in [0.3, 0.4) is 0 Å². The highest BCUT2D eigenvalue weighted by molar-refractivity contribution is 5.26. The molecule has 0 aliphatic heterocycles. The molecule has 96 valence electrons. The van der Waals surface area contributed by atoms with Crippen LogP contribution in [-0.2, 0) is 0 Å². The van der Waals surface area contributed by atoms with E-state index < -0.39 is 0 Å². The van der Waals surface area contributed by atoms with Crippen LogP contribution in [-0.4, -0.2) is 6.54 Å². The van der Waals surface area contributed by atoms with E-state index in [0.717, 1.165) is 24.9 Å². The largest absolute Gasteiger partial charge is 0.310 e. The van der Waals surface area contributed by atoms with Crippen LogP contribution in [0.1, 0.15) is 50.8 Å². The minimum Gasteiger partial charge on any atom is -0.310 e. The second-order valence-electron chi connectivity index (χ2n) is 4.83. The first-order valence-electron chi connectivity index (χ1n) is 6.59. The summed E-state index contributed by atoms with van der Waals surface area (Å²) in [6, 6.07) is 5.84. The molecular formula is C15H24FN. The smallest absolute Gasteiger partial charge is 0.126 e. The Balaban J connectivity index is 2.91. The van der Waals surface area contributed by atoms with Crippen molar-refractivity contribution >= 4 is 0 Å². The van der Waals surface area contributed by atoms with E-state index in [1.807, 2.05) is 12.1 Å². The van der Waals surface area contributed by atoms with Crippen molar-refractivity contribution in [3.8, 4) is 0 Å². The van der Waals surface area contributed by atoms with E-state index in [1.54, 1.807) is 13.0 Å². The maximum Gasteiger partial charge on any atom is 0.126 e. The highest BCUT2D eigenvalue weighted by atomic mass is 19.1. The fourth-order valence-corrected chi connectivity index (χ4v) is 1.99. The summed E-state index contributed by atoms with van der Waals surface area (Å²) in [4.78, 5) is 0. The number of nitrogens with one attached hydrogen (secondary N) is 1. The zero-order chi connectivity index (χ0) is 12.8. The van der Waals surface area contributed by atoms with E-state index in [0.29, 0.717) is 11.5 Å². The van der Waals surface area contributed by atoms with E-state index in [4.69, 9.17) is 0 Å². The van der Waals surface area contributed by atoms with Crippen molar-refractivity contribution in [1.82, 2.24) is 5.32 Å². The Kier molecular flexibility index (Phi) is 5.63. The highest BCUT2D eigenvalue weighted by Gasteiger charge is 2.17. The topological polar surface area (TPSA) is 12.0 Å². The third kappa shape index (κ3) is 3.81. The zero-order valence-electron chi connectivity index (χ0n) is 11.4. The average molecular weight is 237 g/mol. The molecule has 0 spiro atoms. The minimum absolute atomic E-state index is 0.103. The Morgan fingerprint density at radius 1 is 1.29 bits per heavy atom. The van der Waals surface area contributed by atoms with E-state index in [-0.39, 0.29) is 11.9 Å². The molecule has 0 aliphatic rings. The van der Waals surface area contributed by atoms with Crippen LogP contribution in [0.15, 0.2) is 18.2 Å². The van der Waals surface area contributed by atoms with E-state index in [9.17, 15) is 4.39 Å². The summed E-state index contributed by atoms with van der Waals surface area (Å²) >= 11 is 0. The second-order valence-corrected chi connectivity index (χ2v) is 4.83. The van der Waals surface area contributed by atoms with Gasteiger partial charge in [-0.05, 0) is 43.0 Å². The first-order chi connectivity index (χ1) is 8.10. The van der Waals surface area contributed by atoms with Gasteiger partial charge in [-0.3, -0.25) is 0 Å². The molecule has 2 unspecified atom stereocenters. The van der Waals surface area contributed by atoms with Gasteiger partial charge in [-0.1, -0.05) is 39.3 Å². The minimum atomic E-state index is -0.103. The summed E-state index contributed by atoms with van der Waals surface area (Å²) in [6.07, 6.45) is 2.19. The lowest BCUT2D eigenvalue weighted by Crippen LogP contribution is -2.27. The molecule has 0 radical (unpaired) electrons. The van der Waals surface area contributed by atoms with Crippen molar-refractivity contribution in [2.24, 2.45) is 5.92 Å². The lowest BCUT2D eigenvalue weighted by molar-refractivity contribution is 0.376. The van der Waals surface area contributed by atoms with Crippen molar-refractivity contribution in [1.29, 1.82) is 0 Å². The number of aryl methyl sites for hydroxylation is 1. The fourth-order valence-electron chi connectivity index (χ4n) is 1.99. The van der Waals surface area contributed by atoms with Gasteiger partial charge in [0.15, 0.2) is 0 Å². The van der Waals surface area contributed by atoms with Crippen molar-refractivity contribution in [3.63, 3.8) is 0 Å². The summed E-state index contributed by atoms with van der Waals surface area (Å²) in [5.41, 5.74) is 1.78. The lowest BCUT2D eigenvalue weighted by Gasteiger charge is -2.25. The van der Waals surface area contributed by atoms with E-state index in [2.05, 4.69) is 26.1 Å². The van der Waals surface area contributed by atoms with Crippen molar-refractivity contribution in [2.75, 3.05) is 6.54 Å². The van der Waals surface area contributed by atoms with Crippen molar-refractivity contribution in [3.05, 3.63) is 35.1 Å². The fraction of sp³-hybridized carbons (Fsp3) is 0.600. The molecule has 1 rings (SSSR count). The number of hydrogen-bond acceptors (Lipinski definition) is 1. The SMILES string of the molecule is CCCNC(c1ccc(C)c(F)c1)C(C)CC. The van der Waals surface area contributed by atoms with Gasteiger partial charge in [-0.15, -0.1) is 0 Å². The monoisotopic (exact) mass is 237 g/mol. The van der Waals surface area contributed by atoms with Crippen LogP contribution in [0.25, 0.3) is 0 Å². The molecule has 17 heavy (non-hydrogen) atoms. The van der Waals surface area contributed by atoms with Gasteiger partial charge in [0.25, 0.3) is 0 Å². The number of hydrogen-bond donors (Lipinski definition) is 1. The van der Waals surface area contributed by atoms with Crippen LogP contribution in [0.2, 0.25) is 0 Å². The van der Waals surface area contributed by atoms with Gasteiger partial charge in [-0.25, -0.2) is 4.39 Å². The summed E-state index contributed by atoms with van der Waals surface area (Å²) in [5.74, 6) is 0.415. The molecule has 0 amide bonds. The predicted molar refractivity (Wildman–Crippen MR) is 71.6 cm³/mol. The van der Waals surface area contributed by atoms with Crippen molar-refractivity contribution < 1.29 is 4.39 Å². The molecule has 0 heterocycles. The van der Waals surface area contributed by atoms with Gasteiger partial charge in [0.2, 0.25) is 0 Å². The summed E-state index contributed by atoms with van der Waals surface area (Å²) in [7, 11) is 0. The molecule has 2 heteroatoms. The molecule has 0 saturated carbocycles. The Labute approximate surface area is 104 Å². The molecule has 0 saturated heterocycles. The summed E-state index contributed by atoms with van der Waals surface area (Å²) in [5, 5.41) is 3.52. The van der Waals surface area contributed by atoms with Crippen molar-refractivity contribution in [2.45, 2.75) is 46.6 Å². The van der Waals surface area contributed by atoms with Crippen LogP contribution in [0, 0.1) is 18.7 Å². The number of rotatable bonds is 6. The number of halogens is 1. The summed E-state index contributed by atoms with van der Waals surface area (Å²) < 4.78 is 13.6. The van der Waals surface area contributed by atoms with Gasteiger partial charge < -0.3 is 5.32 Å². The highest BCUT2D eigenvalue weighted by Crippen LogP contribution is 2.25. The van der Waals surface area contributed by atoms with E-state index in [1.165, 1.54) is 0 Å². The second kappa shape index (κ2) is 6.75. The molecule has 1 nitrogen and oxygen atoms in total. The standard InChI is InChI=1S/C15H24FN/c1-5-9-17-15(11(3)6-2)13-8-7-12(4)14(16)10-13/h7-8,10-11,15,17H,5-6,9H2,1-4H3. The molecule has 1 aromatic rings. The predicted octanol–water partition coefficient (Wildman–Crippen LogP) is 4.22. The number of benzene rings is 1. The molecule has 1 aromatic carbocycles. The quantitative estimate of drug-likeness (QED) is 0.781. The molecule has 0 aliphatic carbocycles. The van der Waals surface area contributed by atoms with Gasteiger partial charge in [0, 0.05) is 6.04 Å². The van der Waals surface area contributed by atoms with Gasteiger partial charge in [0.1, 0.15) is 5.82 Å². The first-order valence-corrected chi connectivity index (χ1v) is 6.59. The Hall–Kier alpha value is -0.890. The zero-order valence-corrected chi connectivity index (χ0v) is 11.4. The Morgan fingerprint density at radius 2 is 2.00 bits per heavy atom. The summed E-state index contributed by atoms with van der Waals surface area (Å²) in [6.45, 7) is 9.32. The molecule has 2 atom stereocenters. The Bertz CT molecular complexity index is 349. The normalized spacial score (nSPS) is 14.6. The third-order valence-corrected chi connectivity index (χ3v) is 3.38. The van der Waals surface area contributed by atoms with Gasteiger partial charge >= 0.3 is 0 Å². The van der Waals surface area contributed by atoms with Gasteiger partial charge in [-0.2, -0.15) is 0 Å². The van der Waals surface area contributed by atoms with Gasteiger partial charge in [0.05, 0.1) is 0 Å². The van der Waals surface area contributed by atoms with Crippen LogP contribution in [0.4, 0.5) is 4.39 Å². The first kappa shape index (κ1) is 14.2. The molecule has 0 bridgehead atoms. The van der Waals surface area contributed by atoms with Crippen LogP contribution >= 0.6 is 0 Å². The van der Waals surface area contributed by atoms with Crippen LogP contribution < -0.4 is 5.32 Å². The molecule has 1 N–H and O–H groups in total. The lowest BCUT2D eigenvalue weighted by atomic mass is 9.91. The third-order valence-electron chi connectivity index (χ3n) is 3.38. The molecular weight excluding hydrogens is 213 g/mol. The molecule has 0 aromatic heterocycles. The molecule has 0 fully saturated rings.